The van der Waals surface area contributed by atoms with Gasteiger partial charge in [-0.2, -0.15) is 0 Å². The van der Waals surface area contributed by atoms with E-state index in [0.717, 1.165) is 5.56 Å². The van der Waals surface area contributed by atoms with Crippen molar-refractivity contribution in [1.29, 1.82) is 0 Å². The van der Waals surface area contributed by atoms with Crippen molar-refractivity contribution in [3.8, 4) is 0 Å². The second-order valence-corrected chi connectivity index (χ2v) is 4.13. The Morgan fingerprint density at radius 3 is 2.74 bits per heavy atom. The molecule has 0 radical (unpaired) electrons. The van der Waals surface area contributed by atoms with E-state index in [-0.39, 0.29) is 18.6 Å². The highest BCUT2D eigenvalue weighted by atomic mass is 19.1. The zero-order chi connectivity index (χ0) is 14.4. The number of hydrogen-bond acceptors (Lipinski definition) is 3. The van der Waals surface area contributed by atoms with Gasteiger partial charge in [0.15, 0.2) is 0 Å². The van der Waals surface area contributed by atoms with Crippen LogP contribution >= 0.6 is 0 Å². The summed E-state index contributed by atoms with van der Waals surface area (Å²) in [6.45, 7) is 1.91. The molecule has 1 aromatic rings. The molecule has 0 aliphatic carbocycles. The lowest BCUT2D eigenvalue weighted by Gasteiger charge is -2.14. The molecule has 0 aliphatic heterocycles. The highest BCUT2D eigenvalue weighted by molar-refractivity contribution is 5.96. The first-order valence-electron chi connectivity index (χ1n) is 5.74. The fraction of sp³-hybridized carbons (Fsp3) is 0.385. The van der Waals surface area contributed by atoms with Crippen LogP contribution in [0.5, 0.6) is 0 Å². The number of aryl methyl sites for hydroxylation is 1. The van der Waals surface area contributed by atoms with Crippen molar-refractivity contribution in [2.24, 2.45) is 0 Å². The van der Waals surface area contributed by atoms with Gasteiger partial charge >= 0.3 is 5.97 Å². The molecule has 0 heterocycles. The maximum absolute atomic E-state index is 13.5. The van der Waals surface area contributed by atoms with Crippen molar-refractivity contribution in [2.75, 3.05) is 13.7 Å². The maximum atomic E-state index is 13.5. The number of nitrogens with one attached hydrogen (secondary N) is 1. The Labute approximate surface area is 110 Å². The van der Waals surface area contributed by atoms with Crippen LogP contribution in [0, 0.1) is 12.7 Å². The van der Waals surface area contributed by atoms with Gasteiger partial charge in [-0.1, -0.05) is 11.6 Å². The summed E-state index contributed by atoms with van der Waals surface area (Å²) in [6, 6.07) is 2.98. The molecule has 2 N–H and O–H groups in total. The van der Waals surface area contributed by atoms with E-state index in [4.69, 9.17) is 9.84 Å². The Kier molecular flexibility index (Phi) is 5.44. The predicted molar refractivity (Wildman–Crippen MR) is 66.5 cm³/mol. The summed E-state index contributed by atoms with van der Waals surface area (Å²) < 4.78 is 18.3. The van der Waals surface area contributed by atoms with Crippen LogP contribution in [0.25, 0.3) is 0 Å². The zero-order valence-electron chi connectivity index (χ0n) is 10.8. The van der Waals surface area contributed by atoms with Gasteiger partial charge < -0.3 is 15.2 Å². The summed E-state index contributed by atoms with van der Waals surface area (Å²) in [5.41, 5.74) is 0.555. The van der Waals surface area contributed by atoms with E-state index in [0.29, 0.717) is 0 Å². The number of halogens is 1. The van der Waals surface area contributed by atoms with Crippen molar-refractivity contribution in [3.63, 3.8) is 0 Å². The second-order valence-electron chi connectivity index (χ2n) is 4.13. The van der Waals surface area contributed by atoms with E-state index in [1.54, 1.807) is 6.92 Å². The first kappa shape index (κ1) is 15.1. The molecular formula is C13H16FNO4. The molecule has 1 amide bonds. The Morgan fingerprint density at radius 1 is 1.47 bits per heavy atom. The van der Waals surface area contributed by atoms with Gasteiger partial charge in [-0.25, -0.2) is 9.18 Å². The summed E-state index contributed by atoms with van der Waals surface area (Å²) in [7, 11) is 1.43. The van der Waals surface area contributed by atoms with E-state index in [1.165, 1.54) is 25.3 Å². The first-order valence-corrected chi connectivity index (χ1v) is 5.74. The molecule has 0 bridgehead atoms. The number of carbonyl (C=O) groups excluding carboxylic acids is 1. The van der Waals surface area contributed by atoms with Crippen LogP contribution in [0.3, 0.4) is 0 Å². The average Bonchev–Trinajstić information content (AvgIpc) is 2.36. The SMILES string of the molecule is COCCC(NC(=O)c1cc(C)ccc1F)C(=O)O. The van der Waals surface area contributed by atoms with Crippen LogP contribution < -0.4 is 5.32 Å². The number of carboxylic acid groups (broad SMARTS) is 1. The molecule has 0 spiro atoms. The Bertz CT molecular complexity index is 476. The van der Waals surface area contributed by atoms with Gasteiger partial charge in [0.05, 0.1) is 5.56 Å². The molecule has 0 fully saturated rings. The Balaban J connectivity index is 2.81. The van der Waals surface area contributed by atoms with Crippen LogP contribution in [0.2, 0.25) is 0 Å². The van der Waals surface area contributed by atoms with E-state index in [2.05, 4.69) is 5.32 Å². The summed E-state index contributed by atoms with van der Waals surface area (Å²) in [4.78, 5) is 22.8. The van der Waals surface area contributed by atoms with Crippen LogP contribution in [-0.2, 0) is 9.53 Å². The summed E-state index contributed by atoms with van der Waals surface area (Å²) in [5.74, 6) is -2.61. The van der Waals surface area contributed by atoms with Gasteiger partial charge in [-0.3, -0.25) is 4.79 Å². The predicted octanol–water partition coefficient (Wildman–Crippen LogP) is 1.35. The van der Waals surface area contributed by atoms with E-state index >= 15 is 0 Å². The van der Waals surface area contributed by atoms with E-state index in [9.17, 15) is 14.0 Å². The van der Waals surface area contributed by atoms with Crippen molar-refractivity contribution in [3.05, 3.63) is 35.1 Å². The standard InChI is InChI=1S/C13H16FNO4/c1-8-3-4-10(14)9(7-8)12(16)15-11(13(17)18)5-6-19-2/h3-4,7,11H,5-6H2,1-2H3,(H,15,16)(H,17,18). The number of rotatable bonds is 6. The molecule has 0 aliphatic rings. The van der Waals surface area contributed by atoms with Crippen LogP contribution in [0.15, 0.2) is 18.2 Å². The van der Waals surface area contributed by atoms with Crippen molar-refractivity contribution >= 4 is 11.9 Å². The van der Waals surface area contributed by atoms with Gasteiger partial charge in [-0.15, -0.1) is 0 Å². The third-order valence-electron chi connectivity index (χ3n) is 2.58. The average molecular weight is 269 g/mol. The minimum Gasteiger partial charge on any atom is -0.480 e. The number of aliphatic carboxylic acids is 1. The summed E-state index contributed by atoms with van der Waals surface area (Å²) in [6.07, 6.45) is 0.116. The lowest BCUT2D eigenvalue weighted by Crippen LogP contribution is -2.41. The third kappa shape index (κ3) is 4.33. The molecule has 1 aromatic carbocycles. The van der Waals surface area contributed by atoms with Crippen LogP contribution in [0.4, 0.5) is 4.39 Å². The summed E-state index contributed by atoms with van der Waals surface area (Å²) >= 11 is 0. The largest absolute Gasteiger partial charge is 0.480 e. The molecule has 1 unspecified atom stereocenters. The fourth-order valence-corrected chi connectivity index (χ4v) is 1.54. The minimum absolute atomic E-state index is 0.116. The molecule has 1 rings (SSSR count). The molecular weight excluding hydrogens is 253 g/mol. The highest BCUT2D eigenvalue weighted by Gasteiger charge is 2.21. The molecule has 0 saturated heterocycles. The van der Waals surface area contributed by atoms with E-state index in [1.807, 2.05) is 0 Å². The van der Waals surface area contributed by atoms with Crippen LogP contribution in [-0.4, -0.2) is 36.7 Å². The quantitative estimate of drug-likeness (QED) is 0.817. The molecule has 6 heteroatoms. The Morgan fingerprint density at radius 2 is 2.16 bits per heavy atom. The number of benzene rings is 1. The molecule has 104 valence electrons. The highest BCUT2D eigenvalue weighted by Crippen LogP contribution is 2.10. The van der Waals surface area contributed by atoms with Crippen LogP contribution in [0.1, 0.15) is 22.3 Å². The number of carboxylic acids is 1. The number of methoxy groups -OCH3 is 1. The van der Waals surface area contributed by atoms with Crippen molar-refractivity contribution in [1.82, 2.24) is 5.32 Å². The van der Waals surface area contributed by atoms with E-state index < -0.39 is 23.7 Å². The van der Waals surface area contributed by atoms with Crippen molar-refractivity contribution < 1.29 is 23.8 Å². The third-order valence-corrected chi connectivity index (χ3v) is 2.58. The fourth-order valence-electron chi connectivity index (χ4n) is 1.54. The lowest BCUT2D eigenvalue weighted by molar-refractivity contribution is -0.139. The molecule has 19 heavy (non-hydrogen) atoms. The molecule has 1 atom stereocenters. The van der Waals surface area contributed by atoms with Gasteiger partial charge in [0.1, 0.15) is 11.9 Å². The summed E-state index contributed by atoms with van der Waals surface area (Å²) in [5, 5.41) is 11.2. The first-order chi connectivity index (χ1) is 8.95. The maximum Gasteiger partial charge on any atom is 0.326 e. The minimum atomic E-state index is -1.18. The van der Waals surface area contributed by atoms with Gasteiger partial charge in [0.25, 0.3) is 5.91 Å². The normalized spacial score (nSPS) is 11.9. The number of hydrogen-bond donors (Lipinski definition) is 2. The van der Waals surface area contributed by atoms with Gasteiger partial charge in [-0.05, 0) is 19.1 Å². The monoisotopic (exact) mass is 269 g/mol. The molecule has 0 aromatic heterocycles. The molecule has 0 saturated carbocycles. The lowest BCUT2D eigenvalue weighted by atomic mass is 10.1. The number of ether oxygens (including phenoxy) is 1. The second kappa shape index (κ2) is 6.84. The number of carbonyl (C=O) groups is 2. The van der Waals surface area contributed by atoms with Gasteiger partial charge in [0, 0.05) is 20.1 Å². The Hall–Kier alpha value is -1.95. The molecule has 5 nitrogen and oxygen atoms in total. The van der Waals surface area contributed by atoms with Gasteiger partial charge in [0.2, 0.25) is 0 Å². The zero-order valence-corrected chi connectivity index (χ0v) is 10.8. The number of amides is 1. The smallest absolute Gasteiger partial charge is 0.326 e. The van der Waals surface area contributed by atoms with Crippen molar-refractivity contribution in [2.45, 2.75) is 19.4 Å². The topological polar surface area (TPSA) is 75.6 Å².